The van der Waals surface area contributed by atoms with Gasteiger partial charge in [-0.1, -0.05) is 34.1 Å². The van der Waals surface area contributed by atoms with Crippen molar-refractivity contribution in [3.63, 3.8) is 0 Å². The molecule has 1 unspecified atom stereocenters. The van der Waals surface area contributed by atoms with Crippen LogP contribution in [0.4, 0.5) is 5.69 Å². The fourth-order valence-corrected chi connectivity index (χ4v) is 5.06. The number of nitrogens with two attached hydrogens (primary N) is 1. The quantitative estimate of drug-likeness (QED) is 0.621. The summed E-state index contributed by atoms with van der Waals surface area (Å²) in [6, 6.07) is 14.8. The van der Waals surface area contributed by atoms with Gasteiger partial charge in [-0.25, -0.2) is 0 Å². The first-order valence-corrected chi connectivity index (χ1v) is 8.90. The third-order valence-electron chi connectivity index (χ3n) is 3.21. The van der Waals surface area contributed by atoms with Gasteiger partial charge in [0.1, 0.15) is 0 Å². The number of rotatable bonds is 3. The lowest BCUT2D eigenvalue weighted by Crippen LogP contribution is -2.00. The molecular formula is C15H14BrNS2. The Morgan fingerprint density at radius 1 is 1.26 bits per heavy atom. The van der Waals surface area contributed by atoms with Gasteiger partial charge in [0.15, 0.2) is 0 Å². The third kappa shape index (κ3) is 2.96. The van der Waals surface area contributed by atoms with Gasteiger partial charge in [-0.2, -0.15) is 0 Å². The molecule has 1 aliphatic rings. The Morgan fingerprint density at radius 3 is 2.95 bits per heavy atom. The Morgan fingerprint density at radius 2 is 2.11 bits per heavy atom. The van der Waals surface area contributed by atoms with Gasteiger partial charge in [-0.05, 0) is 29.8 Å². The van der Waals surface area contributed by atoms with E-state index in [1.54, 1.807) is 0 Å². The van der Waals surface area contributed by atoms with Crippen molar-refractivity contribution in [1.82, 2.24) is 0 Å². The number of halogens is 1. The van der Waals surface area contributed by atoms with Gasteiger partial charge >= 0.3 is 0 Å². The van der Waals surface area contributed by atoms with Crippen LogP contribution in [0.15, 0.2) is 56.7 Å². The molecule has 0 fully saturated rings. The molecule has 1 atom stereocenters. The molecule has 0 saturated carbocycles. The average Bonchev–Trinajstić information content (AvgIpc) is 2.81. The van der Waals surface area contributed by atoms with E-state index in [0.29, 0.717) is 5.92 Å². The number of thioether (sulfide) groups is 2. The standard InChI is InChI=1S/C15H14BrNS2/c16-11-5-6-15(13(17)7-11)19-9-10-8-18-14-4-2-1-3-12(10)14/h1-7,10H,8-9,17H2. The summed E-state index contributed by atoms with van der Waals surface area (Å²) in [5.41, 5.74) is 8.40. The number of hydrogen-bond donors (Lipinski definition) is 1. The normalized spacial score (nSPS) is 17.4. The highest BCUT2D eigenvalue weighted by atomic mass is 79.9. The molecule has 1 aliphatic heterocycles. The predicted octanol–water partition coefficient (Wildman–Crippen LogP) is 5.01. The highest BCUT2D eigenvalue weighted by Gasteiger charge is 2.22. The van der Waals surface area contributed by atoms with E-state index in [0.717, 1.165) is 15.9 Å². The molecular weight excluding hydrogens is 338 g/mol. The molecule has 1 nitrogen and oxygen atoms in total. The summed E-state index contributed by atoms with van der Waals surface area (Å²) in [7, 11) is 0. The first-order valence-electron chi connectivity index (χ1n) is 6.13. The summed E-state index contributed by atoms with van der Waals surface area (Å²) in [5, 5.41) is 0. The van der Waals surface area contributed by atoms with Gasteiger partial charge in [-0.3, -0.25) is 0 Å². The Hall–Kier alpha value is -0.580. The maximum Gasteiger partial charge on any atom is 0.0463 e. The zero-order valence-corrected chi connectivity index (χ0v) is 13.5. The molecule has 0 aromatic heterocycles. The molecule has 0 radical (unpaired) electrons. The van der Waals surface area contributed by atoms with Gasteiger partial charge < -0.3 is 5.73 Å². The Bertz CT molecular complexity index is 600. The summed E-state index contributed by atoms with van der Waals surface area (Å²) in [5.74, 6) is 2.91. The minimum Gasteiger partial charge on any atom is -0.398 e. The van der Waals surface area contributed by atoms with Crippen molar-refractivity contribution < 1.29 is 0 Å². The van der Waals surface area contributed by atoms with E-state index in [4.69, 9.17) is 5.73 Å². The summed E-state index contributed by atoms with van der Waals surface area (Å²) in [6.07, 6.45) is 0. The van der Waals surface area contributed by atoms with Crippen molar-refractivity contribution in [2.24, 2.45) is 0 Å². The molecule has 0 amide bonds. The number of fused-ring (bicyclic) bond motifs is 1. The van der Waals surface area contributed by atoms with E-state index in [1.165, 1.54) is 21.1 Å². The molecule has 0 saturated heterocycles. The topological polar surface area (TPSA) is 26.0 Å². The zero-order valence-electron chi connectivity index (χ0n) is 10.3. The molecule has 19 heavy (non-hydrogen) atoms. The van der Waals surface area contributed by atoms with Crippen LogP contribution in [0.25, 0.3) is 0 Å². The molecule has 0 bridgehead atoms. The zero-order chi connectivity index (χ0) is 13.2. The SMILES string of the molecule is Nc1cc(Br)ccc1SCC1CSc2ccccc21. The van der Waals surface area contributed by atoms with Gasteiger partial charge in [0, 0.05) is 37.4 Å². The summed E-state index contributed by atoms with van der Waals surface area (Å²) in [6.45, 7) is 0. The minimum atomic E-state index is 0.634. The Labute approximate surface area is 130 Å². The number of nitrogen functional groups attached to an aromatic ring is 1. The lowest BCUT2D eigenvalue weighted by Gasteiger charge is -2.11. The van der Waals surface area contributed by atoms with Gasteiger partial charge in [0.25, 0.3) is 0 Å². The first-order chi connectivity index (χ1) is 9.24. The van der Waals surface area contributed by atoms with Crippen molar-refractivity contribution in [3.8, 4) is 0 Å². The average molecular weight is 352 g/mol. The van der Waals surface area contributed by atoms with Crippen LogP contribution in [0.1, 0.15) is 11.5 Å². The van der Waals surface area contributed by atoms with E-state index in [2.05, 4.69) is 52.3 Å². The molecule has 2 N–H and O–H groups in total. The first kappa shape index (κ1) is 13.4. The molecule has 1 heterocycles. The highest BCUT2D eigenvalue weighted by molar-refractivity contribution is 9.10. The van der Waals surface area contributed by atoms with Crippen molar-refractivity contribution in [2.75, 3.05) is 17.2 Å². The molecule has 98 valence electrons. The van der Waals surface area contributed by atoms with E-state index in [9.17, 15) is 0 Å². The molecule has 2 aromatic carbocycles. The maximum atomic E-state index is 6.04. The Balaban J connectivity index is 1.71. The summed E-state index contributed by atoms with van der Waals surface area (Å²) >= 11 is 7.27. The second-order valence-corrected chi connectivity index (χ2v) is 7.58. The van der Waals surface area contributed by atoms with Crippen LogP contribution in [0.3, 0.4) is 0 Å². The second-order valence-electron chi connectivity index (χ2n) is 4.54. The van der Waals surface area contributed by atoms with Gasteiger partial charge in [0.2, 0.25) is 0 Å². The molecule has 0 spiro atoms. The van der Waals surface area contributed by atoms with Crippen LogP contribution in [0, 0.1) is 0 Å². The molecule has 2 aromatic rings. The lowest BCUT2D eigenvalue weighted by atomic mass is 10.0. The largest absolute Gasteiger partial charge is 0.398 e. The lowest BCUT2D eigenvalue weighted by molar-refractivity contribution is 0.896. The van der Waals surface area contributed by atoms with Crippen molar-refractivity contribution in [3.05, 3.63) is 52.5 Å². The Kier molecular flexibility index (Phi) is 4.10. The maximum absolute atomic E-state index is 6.04. The highest BCUT2D eigenvalue weighted by Crippen LogP contribution is 2.42. The van der Waals surface area contributed by atoms with Crippen LogP contribution in [0.2, 0.25) is 0 Å². The summed E-state index contributed by atoms with van der Waals surface area (Å²) in [4.78, 5) is 2.62. The molecule has 4 heteroatoms. The fourth-order valence-electron chi connectivity index (χ4n) is 2.21. The van der Waals surface area contributed by atoms with Gasteiger partial charge in [0.05, 0.1) is 0 Å². The fraction of sp³-hybridized carbons (Fsp3) is 0.200. The number of anilines is 1. The van der Waals surface area contributed by atoms with Crippen LogP contribution in [-0.2, 0) is 0 Å². The van der Waals surface area contributed by atoms with Crippen LogP contribution in [0.5, 0.6) is 0 Å². The van der Waals surface area contributed by atoms with E-state index in [1.807, 2.05) is 29.6 Å². The van der Waals surface area contributed by atoms with Gasteiger partial charge in [-0.15, -0.1) is 23.5 Å². The van der Waals surface area contributed by atoms with Crippen molar-refractivity contribution in [2.45, 2.75) is 15.7 Å². The van der Waals surface area contributed by atoms with Crippen molar-refractivity contribution >= 4 is 45.1 Å². The van der Waals surface area contributed by atoms with Crippen LogP contribution < -0.4 is 5.73 Å². The van der Waals surface area contributed by atoms with E-state index >= 15 is 0 Å². The smallest absolute Gasteiger partial charge is 0.0463 e. The summed E-state index contributed by atoms with van der Waals surface area (Å²) < 4.78 is 1.04. The van der Waals surface area contributed by atoms with E-state index < -0.39 is 0 Å². The second kappa shape index (κ2) is 5.81. The van der Waals surface area contributed by atoms with Crippen LogP contribution >= 0.6 is 39.5 Å². The molecule has 3 rings (SSSR count). The minimum absolute atomic E-state index is 0.634. The molecule has 0 aliphatic carbocycles. The number of hydrogen-bond acceptors (Lipinski definition) is 3. The monoisotopic (exact) mass is 351 g/mol. The van der Waals surface area contributed by atoms with Crippen LogP contribution in [-0.4, -0.2) is 11.5 Å². The van der Waals surface area contributed by atoms with E-state index in [-0.39, 0.29) is 0 Å². The number of benzene rings is 2. The third-order valence-corrected chi connectivity index (χ3v) is 6.21. The van der Waals surface area contributed by atoms with Crippen molar-refractivity contribution in [1.29, 1.82) is 0 Å². The predicted molar refractivity (Wildman–Crippen MR) is 89.2 cm³/mol.